The van der Waals surface area contributed by atoms with E-state index in [1.54, 1.807) is 0 Å². The standard InChI is InChI=1S/C11H15ClO2/c12-5-9-6-13-11(14-9)10-4-7-1-2-8(10)3-7/h1-2,7-11H,3-6H2. The highest BCUT2D eigenvalue weighted by Gasteiger charge is 2.43. The summed E-state index contributed by atoms with van der Waals surface area (Å²) >= 11 is 5.74. The molecule has 1 saturated carbocycles. The van der Waals surface area contributed by atoms with Gasteiger partial charge in [0.25, 0.3) is 0 Å². The van der Waals surface area contributed by atoms with E-state index in [2.05, 4.69) is 12.2 Å². The van der Waals surface area contributed by atoms with Gasteiger partial charge in [-0.1, -0.05) is 12.2 Å². The summed E-state index contributed by atoms with van der Waals surface area (Å²) < 4.78 is 11.4. The van der Waals surface area contributed by atoms with Gasteiger partial charge in [-0.25, -0.2) is 0 Å². The van der Waals surface area contributed by atoms with Gasteiger partial charge in [0, 0.05) is 5.92 Å². The van der Waals surface area contributed by atoms with E-state index in [-0.39, 0.29) is 12.4 Å². The first-order chi connectivity index (χ1) is 6.86. The number of hydrogen-bond acceptors (Lipinski definition) is 2. The molecule has 0 amide bonds. The molecule has 0 aromatic carbocycles. The summed E-state index contributed by atoms with van der Waals surface area (Å²) in [4.78, 5) is 0. The molecule has 2 fully saturated rings. The van der Waals surface area contributed by atoms with Crippen molar-refractivity contribution in [3.63, 3.8) is 0 Å². The van der Waals surface area contributed by atoms with Crippen molar-refractivity contribution in [2.45, 2.75) is 25.2 Å². The normalized spacial score (nSPS) is 50.5. The monoisotopic (exact) mass is 214 g/mol. The summed E-state index contributed by atoms with van der Waals surface area (Å²) in [5, 5.41) is 0. The molecule has 14 heavy (non-hydrogen) atoms. The van der Waals surface area contributed by atoms with Crippen LogP contribution in [0.25, 0.3) is 0 Å². The molecule has 1 heterocycles. The van der Waals surface area contributed by atoms with Crippen LogP contribution in [0.3, 0.4) is 0 Å². The van der Waals surface area contributed by atoms with Crippen molar-refractivity contribution in [3.8, 4) is 0 Å². The van der Waals surface area contributed by atoms with Gasteiger partial charge in [0.05, 0.1) is 18.6 Å². The first-order valence-electron chi connectivity index (χ1n) is 5.38. The van der Waals surface area contributed by atoms with Gasteiger partial charge in [-0.3, -0.25) is 0 Å². The van der Waals surface area contributed by atoms with Crippen molar-refractivity contribution in [1.29, 1.82) is 0 Å². The molecule has 3 heteroatoms. The Morgan fingerprint density at radius 3 is 2.79 bits per heavy atom. The van der Waals surface area contributed by atoms with Crippen LogP contribution in [0.15, 0.2) is 12.2 Å². The molecular weight excluding hydrogens is 200 g/mol. The predicted molar refractivity (Wildman–Crippen MR) is 54.2 cm³/mol. The van der Waals surface area contributed by atoms with Gasteiger partial charge >= 0.3 is 0 Å². The van der Waals surface area contributed by atoms with Gasteiger partial charge in [0.15, 0.2) is 6.29 Å². The van der Waals surface area contributed by atoms with E-state index in [1.165, 1.54) is 12.8 Å². The number of allylic oxidation sites excluding steroid dienone is 2. The molecule has 78 valence electrons. The molecule has 5 atom stereocenters. The van der Waals surface area contributed by atoms with E-state index in [1.807, 2.05) is 0 Å². The second-order valence-electron chi connectivity index (χ2n) is 4.56. The lowest BCUT2D eigenvalue weighted by Gasteiger charge is -2.23. The Morgan fingerprint density at radius 2 is 2.21 bits per heavy atom. The maximum atomic E-state index is 5.76. The van der Waals surface area contributed by atoms with Crippen molar-refractivity contribution in [1.82, 2.24) is 0 Å². The Kier molecular flexibility index (Phi) is 2.31. The zero-order chi connectivity index (χ0) is 9.54. The summed E-state index contributed by atoms with van der Waals surface area (Å²) in [5.41, 5.74) is 0. The minimum absolute atomic E-state index is 0.0127. The van der Waals surface area contributed by atoms with Gasteiger partial charge in [-0.05, 0) is 24.7 Å². The predicted octanol–water partition coefficient (Wildman–Crippen LogP) is 2.18. The number of alkyl halides is 1. The largest absolute Gasteiger partial charge is 0.350 e. The minimum Gasteiger partial charge on any atom is -0.350 e. The highest BCUT2D eigenvalue weighted by Crippen LogP contribution is 2.46. The number of ether oxygens (including phenoxy) is 2. The van der Waals surface area contributed by atoms with E-state index in [0.29, 0.717) is 24.3 Å². The summed E-state index contributed by atoms with van der Waals surface area (Å²) in [6, 6.07) is 0. The highest BCUT2D eigenvalue weighted by molar-refractivity contribution is 6.18. The van der Waals surface area contributed by atoms with Gasteiger partial charge in [-0.2, -0.15) is 0 Å². The maximum Gasteiger partial charge on any atom is 0.161 e. The fourth-order valence-corrected chi connectivity index (χ4v) is 3.07. The first-order valence-corrected chi connectivity index (χ1v) is 5.91. The topological polar surface area (TPSA) is 18.5 Å². The molecule has 0 aromatic rings. The molecule has 3 aliphatic rings. The smallest absolute Gasteiger partial charge is 0.161 e. The SMILES string of the molecule is ClCC1COC(C2CC3C=CC2C3)O1. The van der Waals surface area contributed by atoms with Crippen molar-refractivity contribution in [2.24, 2.45) is 17.8 Å². The Balaban J connectivity index is 1.65. The summed E-state index contributed by atoms with van der Waals surface area (Å²) in [6.45, 7) is 0.672. The highest BCUT2D eigenvalue weighted by atomic mass is 35.5. The Bertz CT molecular complexity index is 254. The number of fused-ring (bicyclic) bond motifs is 2. The van der Waals surface area contributed by atoms with E-state index in [4.69, 9.17) is 21.1 Å². The average Bonchev–Trinajstić information content (AvgIpc) is 2.93. The Morgan fingerprint density at radius 1 is 1.29 bits per heavy atom. The number of rotatable bonds is 2. The Labute approximate surface area is 89.2 Å². The van der Waals surface area contributed by atoms with Gasteiger partial charge < -0.3 is 9.47 Å². The van der Waals surface area contributed by atoms with Crippen molar-refractivity contribution >= 4 is 11.6 Å². The van der Waals surface area contributed by atoms with Crippen molar-refractivity contribution < 1.29 is 9.47 Å². The molecule has 2 bridgehead atoms. The van der Waals surface area contributed by atoms with E-state index in [0.717, 1.165) is 5.92 Å². The van der Waals surface area contributed by atoms with Gasteiger partial charge in [0.1, 0.15) is 0 Å². The third-order valence-electron chi connectivity index (χ3n) is 3.62. The van der Waals surface area contributed by atoms with E-state index in [9.17, 15) is 0 Å². The fraction of sp³-hybridized carbons (Fsp3) is 0.818. The Hall–Kier alpha value is -0.0500. The summed E-state index contributed by atoms with van der Waals surface area (Å²) in [6.07, 6.45) is 7.35. The van der Waals surface area contributed by atoms with Gasteiger partial charge in [-0.15, -0.1) is 11.6 Å². The zero-order valence-corrected chi connectivity index (χ0v) is 8.82. The molecule has 0 spiro atoms. The lowest BCUT2D eigenvalue weighted by atomic mass is 9.93. The van der Waals surface area contributed by atoms with Crippen LogP contribution < -0.4 is 0 Å². The fourth-order valence-electron chi connectivity index (χ4n) is 2.91. The molecule has 0 radical (unpaired) electrons. The van der Waals surface area contributed by atoms with Gasteiger partial charge in [0.2, 0.25) is 0 Å². The van der Waals surface area contributed by atoms with Crippen LogP contribution in [0.4, 0.5) is 0 Å². The first kappa shape index (κ1) is 9.20. The number of hydrogen-bond donors (Lipinski definition) is 0. The van der Waals surface area contributed by atoms with Crippen LogP contribution in [-0.4, -0.2) is 24.9 Å². The van der Waals surface area contributed by atoms with Crippen LogP contribution >= 0.6 is 11.6 Å². The molecule has 1 saturated heterocycles. The lowest BCUT2D eigenvalue weighted by Crippen LogP contribution is -2.26. The van der Waals surface area contributed by atoms with Crippen LogP contribution in [0.5, 0.6) is 0 Å². The molecule has 2 nitrogen and oxygen atoms in total. The van der Waals surface area contributed by atoms with Crippen molar-refractivity contribution in [2.75, 3.05) is 12.5 Å². The molecule has 1 aliphatic heterocycles. The minimum atomic E-state index is 0.0127. The molecular formula is C11H15ClO2. The molecule has 0 aromatic heterocycles. The quantitative estimate of drug-likeness (QED) is 0.518. The summed E-state index contributed by atoms with van der Waals surface area (Å²) in [5.74, 6) is 2.61. The zero-order valence-electron chi connectivity index (χ0n) is 8.06. The van der Waals surface area contributed by atoms with Crippen LogP contribution in [0.1, 0.15) is 12.8 Å². The third kappa shape index (κ3) is 1.40. The van der Waals surface area contributed by atoms with Crippen molar-refractivity contribution in [3.05, 3.63) is 12.2 Å². The molecule has 5 unspecified atom stereocenters. The lowest BCUT2D eigenvalue weighted by molar-refractivity contribution is -0.1000. The maximum absolute atomic E-state index is 5.76. The third-order valence-corrected chi connectivity index (χ3v) is 3.97. The summed E-state index contributed by atoms with van der Waals surface area (Å²) in [7, 11) is 0. The molecule has 2 aliphatic carbocycles. The number of halogens is 1. The van der Waals surface area contributed by atoms with Crippen LogP contribution in [-0.2, 0) is 9.47 Å². The second kappa shape index (κ2) is 3.51. The average molecular weight is 215 g/mol. The molecule has 0 N–H and O–H groups in total. The van der Waals surface area contributed by atoms with E-state index >= 15 is 0 Å². The second-order valence-corrected chi connectivity index (χ2v) is 4.87. The van der Waals surface area contributed by atoms with E-state index < -0.39 is 0 Å². The van der Waals surface area contributed by atoms with Crippen LogP contribution in [0, 0.1) is 17.8 Å². The molecule has 3 rings (SSSR count). The van der Waals surface area contributed by atoms with Crippen LogP contribution in [0.2, 0.25) is 0 Å².